The number of thiazole rings is 1. The average molecular weight is 391 g/mol. The van der Waals surface area contributed by atoms with Gasteiger partial charge in [0, 0.05) is 24.2 Å². The second-order valence-electron chi connectivity index (χ2n) is 5.74. The molecule has 0 bridgehead atoms. The lowest BCUT2D eigenvalue weighted by molar-refractivity contribution is -0.114. The smallest absolute Gasteiger partial charge is 0.247 e. The number of phenols is 1. The average Bonchev–Trinajstić information content (AvgIpc) is 3.10. The monoisotopic (exact) mass is 391 g/mol. The summed E-state index contributed by atoms with van der Waals surface area (Å²) < 4.78 is 18.8. The lowest BCUT2D eigenvalue weighted by Gasteiger charge is -2.28. The third-order valence-corrected chi connectivity index (χ3v) is 4.55. The Morgan fingerprint density at radius 3 is 3.15 bits per heavy atom. The lowest BCUT2D eigenvalue weighted by Crippen LogP contribution is -2.36. The van der Waals surface area contributed by atoms with Gasteiger partial charge in [-0.15, -0.1) is 11.3 Å². The van der Waals surface area contributed by atoms with Gasteiger partial charge in [0.05, 0.1) is 23.7 Å². The number of halogens is 1. The molecule has 10 heteroatoms. The fourth-order valence-electron chi connectivity index (χ4n) is 2.45. The standard InChI is InChI=1S/C17H18FN5O3S/c1-23-9-26-7-12(14(23)5-19)20-6-16(25)22-17-21-13(8-27-17)10-2-3-15(24)11(18)4-10/h2-5,8,24H,6-7,9,19H2,1H3,(H,21,22,25). The molecule has 1 fully saturated rings. The van der Waals surface area contributed by atoms with Crippen LogP contribution in [0.15, 0.2) is 40.5 Å². The largest absolute Gasteiger partial charge is 0.505 e. The Morgan fingerprint density at radius 1 is 1.59 bits per heavy atom. The van der Waals surface area contributed by atoms with Crippen LogP contribution in [0.5, 0.6) is 5.75 Å². The first kappa shape index (κ1) is 18.8. The molecule has 0 unspecified atom stereocenters. The molecule has 0 aliphatic carbocycles. The molecule has 1 aromatic carbocycles. The Hall–Kier alpha value is -2.98. The number of nitrogens with two attached hydrogens (primary N) is 1. The summed E-state index contributed by atoms with van der Waals surface area (Å²) in [5, 5.41) is 14.0. The van der Waals surface area contributed by atoms with E-state index in [0.717, 1.165) is 5.70 Å². The van der Waals surface area contributed by atoms with Gasteiger partial charge in [-0.1, -0.05) is 0 Å². The summed E-state index contributed by atoms with van der Waals surface area (Å²) >= 11 is 1.21. The number of benzene rings is 1. The highest BCUT2D eigenvalue weighted by Gasteiger charge is 2.18. The summed E-state index contributed by atoms with van der Waals surface area (Å²) in [6.45, 7) is 0.592. The summed E-state index contributed by atoms with van der Waals surface area (Å²) in [7, 11) is 1.82. The van der Waals surface area contributed by atoms with E-state index in [4.69, 9.17) is 10.5 Å². The molecule has 0 saturated carbocycles. The number of hydrogen-bond acceptors (Lipinski definition) is 8. The van der Waals surface area contributed by atoms with Crippen molar-refractivity contribution in [1.29, 1.82) is 0 Å². The first-order valence-corrected chi connectivity index (χ1v) is 8.84. The highest BCUT2D eigenvalue weighted by Crippen LogP contribution is 2.27. The van der Waals surface area contributed by atoms with Crippen molar-refractivity contribution >= 4 is 28.1 Å². The number of anilines is 1. The summed E-state index contributed by atoms with van der Waals surface area (Å²) in [5.74, 6) is -1.50. The SMILES string of the molecule is CN1COCC(=NCC(=O)Nc2nc(-c3ccc(O)c(F)c3)cs2)C1=CN. The number of nitrogens with zero attached hydrogens (tertiary/aromatic N) is 3. The molecule has 142 valence electrons. The van der Waals surface area contributed by atoms with Gasteiger partial charge in [-0.2, -0.15) is 0 Å². The molecule has 0 spiro atoms. The van der Waals surface area contributed by atoms with Crippen LogP contribution in [0.4, 0.5) is 9.52 Å². The van der Waals surface area contributed by atoms with Gasteiger partial charge in [0.2, 0.25) is 5.91 Å². The minimum absolute atomic E-state index is 0.105. The number of nitrogens with one attached hydrogen (secondary N) is 1. The van der Waals surface area contributed by atoms with E-state index in [-0.39, 0.29) is 19.1 Å². The van der Waals surface area contributed by atoms with E-state index in [2.05, 4.69) is 15.3 Å². The van der Waals surface area contributed by atoms with Crippen LogP contribution in [-0.2, 0) is 9.53 Å². The Bertz CT molecular complexity index is 912. The second kappa shape index (κ2) is 8.14. The molecule has 4 N–H and O–H groups in total. The highest BCUT2D eigenvalue weighted by atomic mass is 32.1. The van der Waals surface area contributed by atoms with E-state index in [1.807, 2.05) is 7.05 Å². The number of ether oxygens (including phenoxy) is 1. The number of aromatic nitrogens is 1. The maximum absolute atomic E-state index is 13.5. The molecular formula is C17H18FN5O3S. The Balaban J connectivity index is 1.64. The van der Waals surface area contributed by atoms with E-state index in [9.17, 15) is 14.3 Å². The molecule has 1 aromatic heterocycles. The molecule has 2 aromatic rings. The number of aromatic hydroxyl groups is 1. The van der Waals surface area contributed by atoms with Gasteiger partial charge in [-0.3, -0.25) is 9.79 Å². The highest BCUT2D eigenvalue weighted by molar-refractivity contribution is 7.14. The van der Waals surface area contributed by atoms with Crippen molar-refractivity contribution in [1.82, 2.24) is 9.88 Å². The maximum Gasteiger partial charge on any atom is 0.247 e. The van der Waals surface area contributed by atoms with Crippen LogP contribution in [0, 0.1) is 5.82 Å². The molecule has 0 radical (unpaired) electrons. The number of amides is 1. The van der Waals surface area contributed by atoms with Crippen molar-refractivity contribution in [3.05, 3.63) is 41.3 Å². The number of aliphatic imine (C=N–C) groups is 1. The van der Waals surface area contributed by atoms with Gasteiger partial charge in [0.1, 0.15) is 13.3 Å². The fourth-order valence-corrected chi connectivity index (χ4v) is 3.18. The van der Waals surface area contributed by atoms with Gasteiger partial charge in [0.15, 0.2) is 16.7 Å². The molecule has 3 rings (SSSR count). The van der Waals surface area contributed by atoms with Gasteiger partial charge >= 0.3 is 0 Å². The Kier molecular flexibility index (Phi) is 5.67. The van der Waals surface area contributed by atoms with E-state index in [1.165, 1.54) is 29.7 Å². The maximum atomic E-state index is 13.5. The van der Waals surface area contributed by atoms with Crippen LogP contribution in [0.3, 0.4) is 0 Å². The molecule has 1 saturated heterocycles. The first-order chi connectivity index (χ1) is 13.0. The molecule has 1 amide bonds. The predicted octanol–water partition coefficient (Wildman–Crippen LogP) is 1.75. The van der Waals surface area contributed by atoms with Crippen LogP contribution in [0.25, 0.3) is 11.3 Å². The van der Waals surface area contributed by atoms with Crippen molar-refractivity contribution < 1.29 is 19.0 Å². The fraction of sp³-hybridized carbons (Fsp3) is 0.235. The van der Waals surface area contributed by atoms with Gasteiger partial charge in [0.25, 0.3) is 0 Å². The van der Waals surface area contributed by atoms with E-state index < -0.39 is 11.6 Å². The van der Waals surface area contributed by atoms with Crippen LogP contribution in [0.1, 0.15) is 0 Å². The molecule has 1 aliphatic rings. The minimum atomic E-state index is -0.731. The van der Waals surface area contributed by atoms with E-state index >= 15 is 0 Å². The summed E-state index contributed by atoms with van der Waals surface area (Å²) in [6.07, 6.45) is 1.43. The number of carbonyl (C=O) groups is 1. The number of phenolic OH excluding ortho intramolecular Hbond substituents is 1. The minimum Gasteiger partial charge on any atom is -0.505 e. The lowest BCUT2D eigenvalue weighted by atomic mass is 10.1. The Morgan fingerprint density at radius 2 is 2.41 bits per heavy atom. The first-order valence-electron chi connectivity index (χ1n) is 7.96. The van der Waals surface area contributed by atoms with Crippen LogP contribution >= 0.6 is 11.3 Å². The third-order valence-electron chi connectivity index (χ3n) is 3.80. The molecule has 2 heterocycles. The second-order valence-corrected chi connectivity index (χ2v) is 6.60. The van der Waals surface area contributed by atoms with Crippen molar-refractivity contribution in [3.8, 4) is 17.0 Å². The zero-order valence-corrected chi connectivity index (χ0v) is 15.3. The summed E-state index contributed by atoms with van der Waals surface area (Å²) in [5.41, 5.74) is 7.92. The molecule has 27 heavy (non-hydrogen) atoms. The van der Waals surface area contributed by atoms with Gasteiger partial charge in [-0.25, -0.2) is 9.37 Å². The molecule has 1 aliphatic heterocycles. The van der Waals surface area contributed by atoms with Crippen LogP contribution in [0.2, 0.25) is 0 Å². The van der Waals surface area contributed by atoms with Gasteiger partial charge < -0.3 is 25.8 Å². The summed E-state index contributed by atoms with van der Waals surface area (Å²) in [4.78, 5) is 22.4. The zero-order chi connectivity index (χ0) is 19.4. The van der Waals surface area contributed by atoms with Crippen molar-refractivity contribution in [2.75, 3.05) is 32.2 Å². The Labute approximate surface area is 158 Å². The van der Waals surface area contributed by atoms with Crippen molar-refractivity contribution in [2.24, 2.45) is 10.7 Å². The van der Waals surface area contributed by atoms with E-state index in [0.29, 0.717) is 28.8 Å². The number of carbonyl (C=O) groups excluding carboxylic acids is 1. The zero-order valence-electron chi connectivity index (χ0n) is 14.5. The van der Waals surface area contributed by atoms with Crippen molar-refractivity contribution in [2.45, 2.75) is 0 Å². The number of rotatable bonds is 4. The molecule has 0 atom stereocenters. The molecular weight excluding hydrogens is 373 g/mol. The normalized spacial score (nSPS) is 17.5. The van der Waals surface area contributed by atoms with Crippen molar-refractivity contribution in [3.63, 3.8) is 0 Å². The van der Waals surface area contributed by atoms with Crippen LogP contribution in [-0.4, -0.2) is 53.5 Å². The third kappa shape index (κ3) is 4.41. The quantitative estimate of drug-likeness (QED) is 0.732. The summed E-state index contributed by atoms with van der Waals surface area (Å²) in [6, 6.07) is 3.98. The van der Waals surface area contributed by atoms with E-state index in [1.54, 1.807) is 16.3 Å². The van der Waals surface area contributed by atoms with Gasteiger partial charge in [-0.05, 0) is 18.2 Å². The van der Waals surface area contributed by atoms with Crippen LogP contribution < -0.4 is 11.1 Å². The number of hydrogen-bond donors (Lipinski definition) is 3. The predicted molar refractivity (Wildman–Crippen MR) is 101 cm³/mol. The molecule has 8 nitrogen and oxygen atoms in total. The topological polar surface area (TPSA) is 113 Å².